The van der Waals surface area contributed by atoms with Gasteiger partial charge in [0, 0.05) is 0 Å². The highest BCUT2D eigenvalue weighted by molar-refractivity contribution is 9.10. The fraction of sp³-hybridized carbons (Fsp3) is 0.143. The number of halogens is 1. The maximum atomic E-state index is 10.2. The number of rotatable bonds is 2. The van der Waals surface area contributed by atoms with Gasteiger partial charge in [0.2, 0.25) is 0 Å². The minimum absolute atomic E-state index is 0.272. The summed E-state index contributed by atoms with van der Waals surface area (Å²) in [7, 11) is 1.51. The molecule has 0 aliphatic carbocycles. The quantitative estimate of drug-likeness (QED) is 0.627. The summed E-state index contributed by atoms with van der Waals surface area (Å²) in [6.07, 6.45) is 0. The Kier molecular flexibility index (Phi) is 2.65. The first-order valence-corrected chi connectivity index (χ1v) is 3.94. The molecule has 0 aromatic heterocycles. The molecule has 0 fully saturated rings. The van der Waals surface area contributed by atoms with E-state index in [-0.39, 0.29) is 5.69 Å². The number of ether oxygens (including phenoxy) is 1. The van der Waals surface area contributed by atoms with E-state index >= 15 is 0 Å². The van der Waals surface area contributed by atoms with E-state index in [2.05, 4.69) is 21.1 Å². The Morgan fingerprint density at radius 1 is 1.58 bits per heavy atom. The maximum absolute atomic E-state index is 10.2. The van der Waals surface area contributed by atoms with Gasteiger partial charge in [-0.05, 0) is 33.2 Å². The molecule has 0 spiro atoms. The molecule has 0 amide bonds. The lowest BCUT2D eigenvalue weighted by Gasteiger charge is -2.04. The van der Waals surface area contributed by atoms with E-state index in [1.54, 1.807) is 6.07 Å². The summed E-state index contributed by atoms with van der Waals surface area (Å²) in [5.74, 6) is 0.522. The Morgan fingerprint density at radius 2 is 2.25 bits per heavy atom. The topological polar surface area (TPSA) is 64.7 Å². The lowest BCUT2D eigenvalue weighted by atomic mass is 10.2. The summed E-state index contributed by atoms with van der Waals surface area (Å²) >= 11 is 3.15. The molecule has 2 N–H and O–H groups in total. The lowest BCUT2D eigenvalue weighted by Crippen LogP contribution is -1.91. The second-order valence-corrected chi connectivity index (χ2v) is 2.99. The summed E-state index contributed by atoms with van der Waals surface area (Å²) in [5.41, 5.74) is 6.20. The number of hydrogen-bond donors (Lipinski definition) is 1. The molecule has 4 nitrogen and oxygen atoms in total. The first-order chi connectivity index (χ1) is 5.69. The second kappa shape index (κ2) is 3.53. The summed E-state index contributed by atoms with van der Waals surface area (Å²) < 4.78 is 5.50. The third kappa shape index (κ3) is 1.55. The first-order valence-electron chi connectivity index (χ1n) is 3.15. The van der Waals surface area contributed by atoms with Crippen molar-refractivity contribution in [1.29, 1.82) is 0 Å². The molecule has 1 aromatic rings. The average molecular weight is 231 g/mol. The van der Waals surface area contributed by atoms with Crippen LogP contribution in [0.15, 0.2) is 21.8 Å². The highest BCUT2D eigenvalue weighted by atomic mass is 79.9. The Balaban J connectivity index is 3.25. The number of nitrogens with two attached hydrogens (primary N) is 1. The molecule has 0 aliphatic rings. The summed E-state index contributed by atoms with van der Waals surface area (Å²) in [4.78, 5) is 10.2. The maximum Gasteiger partial charge on any atom is 0.143 e. The Morgan fingerprint density at radius 3 is 2.75 bits per heavy atom. The number of nitrogens with zero attached hydrogens (tertiary/aromatic N) is 1. The van der Waals surface area contributed by atoms with Crippen LogP contribution in [0.5, 0.6) is 5.75 Å². The van der Waals surface area contributed by atoms with Crippen molar-refractivity contribution < 1.29 is 4.74 Å². The van der Waals surface area contributed by atoms with E-state index in [1.165, 1.54) is 13.2 Å². The molecule has 0 saturated carbocycles. The molecule has 1 rings (SSSR count). The second-order valence-electron chi connectivity index (χ2n) is 2.14. The monoisotopic (exact) mass is 230 g/mol. The van der Waals surface area contributed by atoms with Gasteiger partial charge in [0.05, 0.1) is 17.3 Å². The third-order valence-corrected chi connectivity index (χ3v) is 2.03. The number of hydrogen-bond acceptors (Lipinski definition) is 4. The van der Waals surface area contributed by atoms with Gasteiger partial charge in [-0.15, -0.1) is 4.91 Å². The van der Waals surface area contributed by atoms with Crippen LogP contribution in [0.25, 0.3) is 0 Å². The van der Waals surface area contributed by atoms with Crippen LogP contribution >= 0.6 is 15.9 Å². The number of methoxy groups -OCH3 is 1. The van der Waals surface area contributed by atoms with Crippen LogP contribution in [0.3, 0.4) is 0 Å². The zero-order chi connectivity index (χ0) is 9.14. The van der Waals surface area contributed by atoms with Crippen LogP contribution in [-0.4, -0.2) is 7.11 Å². The zero-order valence-electron chi connectivity index (χ0n) is 6.37. The average Bonchev–Trinajstić information content (AvgIpc) is 2.08. The molecular weight excluding hydrogens is 224 g/mol. The van der Waals surface area contributed by atoms with Crippen molar-refractivity contribution in [3.63, 3.8) is 0 Å². The van der Waals surface area contributed by atoms with Crippen LogP contribution in [-0.2, 0) is 0 Å². The molecule has 0 saturated heterocycles. The fourth-order valence-electron chi connectivity index (χ4n) is 0.806. The standard InChI is InChI=1S/C7H7BrN2O2/c1-12-7-2-4(8)6(10-11)3-5(7)9/h2-3H,9H2,1H3. The summed E-state index contributed by atoms with van der Waals surface area (Å²) in [5, 5.41) is 2.77. The molecule has 0 unspecified atom stereocenters. The molecule has 0 atom stereocenters. The SMILES string of the molecule is COc1cc(Br)c(N=O)cc1N. The number of nitrogen functional groups attached to an aromatic ring is 1. The Hall–Kier alpha value is -1.10. The van der Waals surface area contributed by atoms with Crippen molar-refractivity contribution in [2.45, 2.75) is 0 Å². The molecule has 0 bridgehead atoms. The normalized spacial score (nSPS) is 9.50. The van der Waals surface area contributed by atoms with Crippen molar-refractivity contribution in [1.82, 2.24) is 0 Å². The summed E-state index contributed by atoms with van der Waals surface area (Å²) in [6.45, 7) is 0. The minimum atomic E-state index is 0.272. The first kappa shape index (κ1) is 8.99. The third-order valence-electron chi connectivity index (χ3n) is 1.40. The van der Waals surface area contributed by atoms with Crippen molar-refractivity contribution >= 4 is 27.3 Å². The number of benzene rings is 1. The van der Waals surface area contributed by atoms with E-state index in [9.17, 15) is 4.91 Å². The van der Waals surface area contributed by atoms with Gasteiger partial charge in [0.1, 0.15) is 11.4 Å². The van der Waals surface area contributed by atoms with Gasteiger partial charge in [-0.3, -0.25) is 0 Å². The number of anilines is 1. The van der Waals surface area contributed by atoms with Crippen molar-refractivity contribution in [3.8, 4) is 5.75 Å². The summed E-state index contributed by atoms with van der Waals surface area (Å²) in [6, 6.07) is 3.06. The van der Waals surface area contributed by atoms with Gasteiger partial charge in [0.15, 0.2) is 0 Å². The smallest absolute Gasteiger partial charge is 0.143 e. The lowest BCUT2D eigenvalue weighted by molar-refractivity contribution is 0.417. The molecular formula is C7H7BrN2O2. The zero-order valence-corrected chi connectivity index (χ0v) is 7.96. The molecule has 0 radical (unpaired) electrons. The van der Waals surface area contributed by atoms with Crippen LogP contribution in [0.2, 0.25) is 0 Å². The number of nitroso groups, excluding NO2 is 1. The predicted octanol–water partition coefficient (Wildman–Crippen LogP) is 2.44. The molecule has 0 aliphatic heterocycles. The predicted molar refractivity (Wildman–Crippen MR) is 50.6 cm³/mol. The Bertz CT molecular complexity index is 315. The van der Waals surface area contributed by atoms with Gasteiger partial charge < -0.3 is 10.5 Å². The fourth-order valence-corrected chi connectivity index (χ4v) is 1.20. The van der Waals surface area contributed by atoms with Crippen LogP contribution in [0.1, 0.15) is 0 Å². The largest absolute Gasteiger partial charge is 0.495 e. The van der Waals surface area contributed by atoms with E-state index in [1.807, 2.05) is 0 Å². The molecule has 0 heterocycles. The van der Waals surface area contributed by atoms with Gasteiger partial charge in [-0.2, -0.15) is 0 Å². The molecule has 64 valence electrons. The molecule has 1 aromatic carbocycles. The van der Waals surface area contributed by atoms with Crippen molar-refractivity contribution in [2.75, 3.05) is 12.8 Å². The van der Waals surface area contributed by atoms with E-state index in [0.29, 0.717) is 15.9 Å². The van der Waals surface area contributed by atoms with E-state index in [4.69, 9.17) is 10.5 Å². The van der Waals surface area contributed by atoms with Crippen LogP contribution < -0.4 is 10.5 Å². The molecule has 12 heavy (non-hydrogen) atoms. The van der Waals surface area contributed by atoms with Gasteiger partial charge in [0.25, 0.3) is 0 Å². The van der Waals surface area contributed by atoms with E-state index in [0.717, 1.165) is 0 Å². The van der Waals surface area contributed by atoms with Crippen molar-refractivity contribution in [3.05, 3.63) is 21.5 Å². The molecule has 5 heteroatoms. The van der Waals surface area contributed by atoms with Gasteiger partial charge in [-0.25, -0.2) is 0 Å². The van der Waals surface area contributed by atoms with Gasteiger partial charge in [-0.1, -0.05) is 0 Å². The van der Waals surface area contributed by atoms with Crippen LogP contribution in [0.4, 0.5) is 11.4 Å². The highest BCUT2D eigenvalue weighted by Gasteiger charge is 2.05. The van der Waals surface area contributed by atoms with E-state index < -0.39 is 0 Å². The minimum Gasteiger partial charge on any atom is -0.495 e. The Labute approximate surface area is 77.8 Å². The van der Waals surface area contributed by atoms with Crippen molar-refractivity contribution in [2.24, 2.45) is 5.18 Å². The highest BCUT2D eigenvalue weighted by Crippen LogP contribution is 2.34. The van der Waals surface area contributed by atoms with Crippen LogP contribution in [0, 0.1) is 4.91 Å². The van der Waals surface area contributed by atoms with Gasteiger partial charge >= 0.3 is 0 Å².